The summed E-state index contributed by atoms with van der Waals surface area (Å²) in [6, 6.07) is 90.0. The smallest absolute Gasteiger partial charge is 0.160 e. The van der Waals surface area contributed by atoms with Crippen molar-refractivity contribution < 1.29 is 0 Å². The summed E-state index contributed by atoms with van der Waals surface area (Å²) in [5.74, 6) is 0.695. The quantitative estimate of drug-likeness (QED) is 0.167. The lowest BCUT2D eigenvalue weighted by atomic mass is 9.98. The summed E-state index contributed by atoms with van der Waals surface area (Å²) in [5.41, 5.74) is 12.5. The Bertz CT molecular complexity index is 2960. The highest BCUT2D eigenvalue weighted by Gasteiger charge is 2.33. The predicted molar refractivity (Wildman–Crippen MR) is 257 cm³/mol. The van der Waals surface area contributed by atoms with Gasteiger partial charge >= 0.3 is 0 Å². The van der Waals surface area contributed by atoms with E-state index in [9.17, 15) is 0 Å². The second-order valence-corrected chi connectivity index (χ2v) is 18.6. The Labute approximate surface area is 364 Å². The molecule has 1 aliphatic rings. The van der Waals surface area contributed by atoms with Crippen molar-refractivity contribution in [3.63, 3.8) is 0 Å². The molecule has 1 aromatic heterocycles. The number of hydrogen-bond acceptors (Lipinski definition) is 3. The van der Waals surface area contributed by atoms with Crippen LogP contribution in [0, 0.1) is 0 Å². The van der Waals surface area contributed by atoms with Gasteiger partial charge in [0, 0.05) is 53.3 Å². The molecule has 9 aromatic carbocycles. The molecular weight excluding hydrogens is 771 g/mol. The van der Waals surface area contributed by atoms with Gasteiger partial charge in [-0.05, 0) is 125 Å². The summed E-state index contributed by atoms with van der Waals surface area (Å²) in [4.78, 5) is 17.9. The third kappa shape index (κ3) is 6.77. The fourth-order valence-corrected chi connectivity index (χ4v) is 12.6. The molecule has 62 heavy (non-hydrogen) atoms. The van der Waals surface area contributed by atoms with Crippen molar-refractivity contribution >= 4 is 27.1 Å². The van der Waals surface area contributed by atoms with Gasteiger partial charge in [-0.1, -0.05) is 146 Å². The van der Waals surface area contributed by atoms with Crippen molar-refractivity contribution in [1.82, 2.24) is 9.97 Å². The second-order valence-electron chi connectivity index (χ2n) is 15.5. The maximum Gasteiger partial charge on any atom is 0.160 e. The van der Waals surface area contributed by atoms with Crippen LogP contribution in [-0.4, -0.2) is 9.97 Å². The van der Waals surface area contributed by atoms with Crippen molar-refractivity contribution in [3.8, 4) is 56.2 Å². The van der Waals surface area contributed by atoms with E-state index in [4.69, 9.17) is 9.97 Å². The molecule has 4 heteroatoms. The van der Waals surface area contributed by atoms with Gasteiger partial charge in [-0.2, -0.15) is 0 Å². The van der Waals surface area contributed by atoms with Crippen LogP contribution in [0.4, 0.5) is 17.1 Å². The average molecular weight is 812 g/mol. The van der Waals surface area contributed by atoms with Crippen LogP contribution in [0.3, 0.4) is 0 Å². The van der Waals surface area contributed by atoms with Gasteiger partial charge in [-0.25, -0.2) is 9.97 Å². The zero-order valence-corrected chi connectivity index (χ0v) is 34.7. The number of fused-ring (bicyclic) bond motifs is 14. The molecule has 0 saturated carbocycles. The molecule has 294 valence electrons. The molecule has 0 unspecified atom stereocenters. The Balaban J connectivity index is 1.11. The number of nitrogens with zero attached hydrogens (tertiary/aromatic N) is 3. The minimum Gasteiger partial charge on any atom is -0.310 e. The molecule has 0 saturated heterocycles. The van der Waals surface area contributed by atoms with Crippen LogP contribution in [-0.2, 0) is 0 Å². The maximum atomic E-state index is 5.21. The van der Waals surface area contributed by atoms with E-state index >= 15 is 0 Å². The lowest BCUT2D eigenvalue weighted by molar-refractivity contribution is 1.18. The Morgan fingerprint density at radius 2 is 0.629 bits per heavy atom. The molecule has 2 heterocycles. The average Bonchev–Trinajstić information content (AvgIpc) is 3.36. The van der Waals surface area contributed by atoms with E-state index in [0.717, 1.165) is 67.4 Å². The van der Waals surface area contributed by atoms with Gasteiger partial charge in [0.05, 0.1) is 11.4 Å². The zero-order chi connectivity index (χ0) is 41.3. The van der Waals surface area contributed by atoms with Crippen LogP contribution in [0.25, 0.3) is 56.2 Å². The van der Waals surface area contributed by atoms with Crippen molar-refractivity contribution in [2.45, 2.75) is 19.6 Å². The topological polar surface area (TPSA) is 29.0 Å². The summed E-state index contributed by atoms with van der Waals surface area (Å²) < 4.78 is 0. The largest absolute Gasteiger partial charge is 0.310 e. The molecule has 0 aliphatic carbocycles. The highest BCUT2D eigenvalue weighted by atomic mass is 32.3. The number of rotatable bonds is 6. The third-order valence-corrected chi connectivity index (χ3v) is 15.6. The van der Waals surface area contributed by atoms with E-state index in [0.29, 0.717) is 5.82 Å². The fraction of sp³-hybridized carbons (Fsp3) is 0. The maximum absolute atomic E-state index is 5.21. The summed E-state index contributed by atoms with van der Waals surface area (Å²) >= 11 is 0. The van der Waals surface area contributed by atoms with Crippen LogP contribution < -0.4 is 4.90 Å². The lowest BCUT2D eigenvalue weighted by Crippen LogP contribution is -2.11. The molecule has 0 amide bonds. The van der Waals surface area contributed by atoms with E-state index in [1.54, 1.807) is 0 Å². The highest BCUT2D eigenvalue weighted by molar-refractivity contribution is 8.34. The standard InChI is InChI=1S/C58H41N3S/c1-5-17-42(18-6-1)56-41-57-47-23-13-19-43(37-47)45-21-15-25-50(39-45)61(51-26-16-22-46(40-51)44-20-14-24-48(38-44)58(59-56)60-57)49-33-35-55(36-34-49)62(52-27-7-2-8-28-52,53-29-9-3-10-30-53)54-31-11-4-12-32-54/h1-41H. The number of benzene rings is 9. The second kappa shape index (κ2) is 16.0. The van der Waals surface area contributed by atoms with Crippen LogP contribution in [0.1, 0.15) is 0 Å². The first-order chi connectivity index (χ1) is 30.7. The number of anilines is 3. The zero-order valence-electron chi connectivity index (χ0n) is 33.9. The molecule has 1 aliphatic heterocycles. The molecule has 0 radical (unpaired) electrons. The first-order valence-electron chi connectivity index (χ1n) is 21.0. The van der Waals surface area contributed by atoms with Gasteiger partial charge in [0.15, 0.2) is 5.82 Å². The van der Waals surface area contributed by atoms with E-state index in [1.165, 1.54) is 19.6 Å². The van der Waals surface area contributed by atoms with Gasteiger partial charge in [0.1, 0.15) is 0 Å². The molecule has 0 spiro atoms. The van der Waals surface area contributed by atoms with Crippen molar-refractivity contribution in [2.75, 3.05) is 4.90 Å². The molecule has 11 rings (SSSR count). The van der Waals surface area contributed by atoms with E-state index < -0.39 is 10.0 Å². The van der Waals surface area contributed by atoms with Crippen LogP contribution in [0.2, 0.25) is 0 Å². The summed E-state index contributed by atoms with van der Waals surface area (Å²) in [6.45, 7) is 0. The van der Waals surface area contributed by atoms with Gasteiger partial charge < -0.3 is 4.90 Å². The Morgan fingerprint density at radius 3 is 1.15 bits per heavy atom. The van der Waals surface area contributed by atoms with Crippen molar-refractivity contribution in [2.24, 2.45) is 0 Å². The number of hydrogen-bond donors (Lipinski definition) is 0. The normalized spacial score (nSPS) is 12.1. The molecule has 0 fully saturated rings. The SMILES string of the molecule is c1ccc(-c2cc3nc(n2)-c2cccc(c2)-c2cccc(c2)N(c2ccc(S(c4ccccc4)(c4ccccc4)c4ccccc4)cc2)c2cccc(c2)-c2cccc-3c2)cc1. The third-order valence-electron chi connectivity index (χ3n) is 11.7. The summed E-state index contributed by atoms with van der Waals surface area (Å²) in [6.07, 6.45) is 0. The van der Waals surface area contributed by atoms with Crippen LogP contribution >= 0.6 is 10.0 Å². The predicted octanol–water partition coefficient (Wildman–Crippen LogP) is 15.9. The molecule has 10 aromatic rings. The van der Waals surface area contributed by atoms with Crippen molar-refractivity contribution in [3.05, 3.63) is 249 Å². The Morgan fingerprint density at radius 1 is 0.258 bits per heavy atom. The monoisotopic (exact) mass is 811 g/mol. The van der Waals surface area contributed by atoms with Gasteiger partial charge in [0.25, 0.3) is 0 Å². The molecular formula is C58H41N3S. The van der Waals surface area contributed by atoms with E-state index in [2.05, 4.69) is 248 Å². The first kappa shape index (κ1) is 37.2. The van der Waals surface area contributed by atoms with E-state index in [-0.39, 0.29) is 0 Å². The lowest BCUT2D eigenvalue weighted by Gasteiger charge is -2.42. The van der Waals surface area contributed by atoms with Gasteiger partial charge in [-0.15, -0.1) is 10.0 Å². The molecule has 3 nitrogen and oxygen atoms in total. The Hall–Kier alpha value is -7.79. The van der Waals surface area contributed by atoms with Gasteiger partial charge in [0.2, 0.25) is 0 Å². The molecule has 0 N–H and O–H groups in total. The number of aromatic nitrogens is 2. The minimum atomic E-state index is -1.84. The van der Waals surface area contributed by atoms with E-state index in [1.807, 2.05) is 6.07 Å². The van der Waals surface area contributed by atoms with Crippen LogP contribution in [0.15, 0.2) is 268 Å². The minimum absolute atomic E-state index is 0.695. The molecule has 0 atom stereocenters. The highest BCUT2D eigenvalue weighted by Crippen LogP contribution is 2.73. The van der Waals surface area contributed by atoms with Gasteiger partial charge in [-0.3, -0.25) is 0 Å². The first-order valence-corrected chi connectivity index (χ1v) is 22.6. The summed E-state index contributed by atoms with van der Waals surface area (Å²) in [5, 5.41) is 0. The molecule has 10 bridgehead atoms. The summed E-state index contributed by atoms with van der Waals surface area (Å²) in [7, 11) is -1.84. The van der Waals surface area contributed by atoms with Crippen molar-refractivity contribution in [1.29, 1.82) is 0 Å². The van der Waals surface area contributed by atoms with Crippen LogP contribution in [0.5, 0.6) is 0 Å². The fourth-order valence-electron chi connectivity index (χ4n) is 8.76. The Kier molecular flexibility index (Phi) is 9.61.